The van der Waals surface area contributed by atoms with E-state index in [1.807, 2.05) is 12.1 Å². The molecule has 0 atom stereocenters. The molecule has 4 rings (SSSR count). The van der Waals surface area contributed by atoms with Gasteiger partial charge in [-0.15, -0.1) is 11.3 Å². The molecule has 1 aliphatic rings. The third kappa shape index (κ3) is 3.72. The summed E-state index contributed by atoms with van der Waals surface area (Å²) in [6.45, 7) is 3.22. The summed E-state index contributed by atoms with van der Waals surface area (Å²) in [4.78, 5) is 17.3. The molecule has 0 bridgehead atoms. The minimum absolute atomic E-state index is 0.0595. The van der Waals surface area contributed by atoms with Gasteiger partial charge < -0.3 is 9.64 Å². The summed E-state index contributed by atoms with van der Waals surface area (Å²) >= 11 is 1.32. The molecular weight excluding hydrogens is 382 g/mol. The van der Waals surface area contributed by atoms with Crippen molar-refractivity contribution in [2.24, 2.45) is 0 Å². The Kier molecular flexibility index (Phi) is 5.28. The maximum atomic E-state index is 13.9. The Morgan fingerprint density at radius 1 is 1.07 bits per heavy atom. The quantitative estimate of drug-likeness (QED) is 0.657. The van der Waals surface area contributed by atoms with E-state index in [2.05, 4.69) is 4.90 Å². The SMILES string of the molecule is COc1ccc(CN2CCN(C(=O)c3cc4c(F)cccc4s3)CC2)cc1F. The van der Waals surface area contributed by atoms with Crippen LogP contribution in [0.1, 0.15) is 15.2 Å². The number of benzene rings is 2. The molecule has 1 fully saturated rings. The Morgan fingerprint density at radius 2 is 1.86 bits per heavy atom. The van der Waals surface area contributed by atoms with E-state index < -0.39 is 0 Å². The molecule has 28 heavy (non-hydrogen) atoms. The summed E-state index contributed by atoms with van der Waals surface area (Å²) in [5.74, 6) is -0.496. The lowest BCUT2D eigenvalue weighted by Gasteiger charge is -2.34. The minimum atomic E-state index is -0.370. The second-order valence-corrected chi connectivity index (χ2v) is 7.88. The monoisotopic (exact) mass is 402 g/mol. The second kappa shape index (κ2) is 7.85. The van der Waals surface area contributed by atoms with Gasteiger partial charge in [0.1, 0.15) is 5.82 Å². The Hall–Kier alpha value is -2.51. The molecule has 0 radical (unpaired) electrons. The van der Waals surface area contributed by atoms with E-state index in [9.17, 15) is 13.6 Å². The van der Waals surface area contributed by atoms with Gasteiger partial charge in [0.15, 0.2) is 11.6 Å². The molecule has 1 amide bonds. The highest BCUT2D eigenvalue weighted by Gasteiger charge is 2.24. The molecule has 0 unspecified atom stereocenters. The van der Waals surface area contributed by atoms with E-state index in [-0.39, 0.29) is 23.3 Å². The lowest BCUT2D eigenvalue weighted by Crippen LogP contribution is -2.48. The summed E-state index contributed by atoms with van der Waals surface area (Å²) in [6, 6.07) is 11.5. The van der Waals surface area contributed by atoms with Crippen LogP contribution in [0.25, 0.3) is 10.1 Å². The second-order valence-electron chi connectivity index (χ2n) is 6.80. The van der Waals surface area contributed by atoms with E-state index in [0.29, 0.717) is 43.0 Å². The smallest absolute Gasteiger partial charge is 0.264 e. The summed E-state index contributed by atoms with van der Waals surface area (Å²) in [7, 11) is 1.44. The highest BCUT2D eigenvalue weighted by Crippen LogP contribution is 2.29. The van der Waals surface area contributed by atoms with Gasteiger partial charge >= 0.3 is 0 Å². The lowest BCUT2D eigenvalue weighted by molar-refractivity contribution is 0.0633. The van der Waals surface area contributed by atoms with Crippen molar-refractivity contribution < 1.29 is 18.3 Å². The van der Waals surface area contributed by atoms with Gasteiger partial charge in [-0.3, -0.25) is 9.69 Å². The van der Waals surface area contributed by atoms with Gasteiger partial charge in [-0.25, -0.2) is 8.78 Å². The summed E-state index contributed by atoms with van der Waals surface area (Å²) in [6.07, 6.45) is 0. The number of hydrogen-bond donors (Lipinski definition) is 0. The topological polar surface area (TPSA) is 32.8 Å². The first-order valence-electron chi connectivity index (χ1n) is 9.07. The Balaban J connectivity index is 1.38. The molecule has 0 aliphatic carbocycles. The van der Waals surface area contributed by atoms with Crippen LogP contribution in [-0.4, -0.2) is 49.0 Å². The van der Waals surface area contributed by atoms with Crippen LogP contribution in [0.5, 0.6) is 5.75 Å². The summed E-state index contributed by atoms with van der Waals surface area (Å²) in [5, 5.41) is 0.496. The van der Waals surface area contributed by atoms with Crippen LogP contribution >= 0.6 is 11.3 Å². The number of rotatable bonds is 4. The fourth-order valence-electron chi connectivity index (χ4n) is 3.46. The first-order chi connectivity index (χ1) is 13.5. The summed E-state index contributed by atoms with van der Waals surface area (Å²) < 4.78 is 33.5. The number of fused-ring (bicyclic) bond motifs is 1. The number of methoxy groups -OCH3 is 1. The zero-order valence-electron chi connectivity index (χ0n) is 15.5. The molecule has 2 heterocycles. The third-order valence-electron chi connectivity index (χ3n) is 5.00. The average Bonchev–Trinajstić information content (AvgIpc) is 3.14. The zero-order chi connectivity index (χ0) is 19.7. The van der Waals surface area contributed by atoms with Crippen molar-refractivity contribution >= 4 is 27.3 Å². The molecule has 0 N–H and O–H groups in total. The fraction of sp³-hybridized carbons (Fsp3) is 0.286. The van der Waals surface area contributed by atoms with E-state index in [1.165, 1.54) is 30.6 Å². The Bertz CT molecular complexity index is 1010. The van der Waals surface area contributed by atoms with Gasteiger partial charge in [0.25, 0.3) is 5.91 Å². The van der Waals surface area contributed by atoms with Gasteiger partial charge in [-0.1, -0.05) is 12.1 Å². The number of nitrogens with zero attached hydrogens (tertiary/aromatic N) is 2. The highest BCUT2D eigenvalue weighted by atomic mass is 32.1. The van der Waals surface area contributed by atoms with Crippen LogP contribution in [0.15, 0.2) is 42.5 Å². The van der Waals surface area contributed by atoms with Gasteiger partial charge in [0.05, 0.1) is 12.0 Å². The van der Waals surface area contributed by atoms with Gasteiger partial charge in [-0.2, -0.15) is 0 Å². The predicted octanol–water partition coefficient (Wildman–Crippen LogP) is 4.15. The van der Waals surface area contributed by atoms with Crippen LogP contribution in [0, 0.1) is 11.6 Å². The number of carbonyl (C=O) groups excluding carboxylic acids is 1. The van der Waals surface area contributed by atoms with Crippen molar-refractivity contribution in [1.29, 1.82) is 0 Å². The Morgan fingerprint density at radius 3 is 2.54 bits per heavy atom. The van der Waals surface area contributed by atoms with E-state index in [4.69, 9.17) is 4.74 Å². The van der Waals surface area contributed by atoms with Crippen LogP contribution < -0.4 is 4.74 Å². The molecule has 7 heteroatoms. The maximum absolute atomic E-state index is 13.9. The normalized spacial score (nSPS) is 15.2. The molecule has 0 spiro atoms. The van der Waals surface area contributed by atoms with Gasteiger partial charge in [0, 0.05) is 42.8 Å². The number of piperazine rings is 1. The summed E-state index contributed by atoms with van der Waals surface area (Å²) in [5.41, 5.74) is 0.873. The van der Waals surface area contributed by atoms with E-state index in [0.717, 1.165) is 10.3 Å². The highest BCUT2D eigenvalue weighted by molar-refractivity contribution is 7.20. The number of carbonyl (C=O) groups is 1. The first kappa shape index (κ1) is 18.8. The first-order valence-corrected chi connectivity index (χ1v) is 9.89. The van der Waals surface area contributed by atoms with E-state index >= 15 is 0 Å². The molecule has 1 saturated heterocycles. The van der Waals surface area contributed by atoms with Crippen molar-refractivity contribution in [3.05, 3.63) is 64.5 Å². The standard InChI is InChI=1S/C21H20F2N2O2S/c1-27-18-6-5-14(11-17(18)23)13-24-7-9-25(10-8-24)21(26)20-12-15-16(22)3-2-4-19(15)28-20/h2-6,11-12H,7-10,13H2,1H3. The average molecular weight is 402 g/mol. The van der Waals surface area contributed by atoms with Crippen molar-refractivity contribution in [3.63, 3.8) is 0 Å². The molecule has 2 aromatic carbocycles. The fourth-order valence-corrected chi connectivity index (χ4v) is 4.51. The Labute approximate surface area is 165 Å². The number of ether oxygens (including phenoxy) is 1. The molecular formula is C21H20F2N2O2S. The minimum Gasteiger partial charge on any atom is -0.494 e. The molecule has 146 valence electrons. The molecule has 4 nitrogen and oxygen atoms in total. The third-order valence-corrected chi connectivity index (χ3v) is 6.09. The molecule has 1 aromatic heterocycles. The number of thiophene rings is 1. The predicted molar refractivity (Wildman–Crippen MR) is 106 cm³/mol. The maximum Gasteiger partial charge on any atom is 0.264 e. The van der Waals surface area contributed by atoms with Crippen LogP contribution in [-0.2, 0) is 6.54 Å². The van der Waals surface area contributed by atoms with Crippen LogP contribution in [0.2, 0.25) is 0 Å². The van der Waals surface area contributed by atoms with Crippen molar-refractivity contribution in [3.8, 4) is 5.75 Å². The van der Waals surface area contributed by atoms with E-state index in [1.54, 1.807) is 23.1 Å². The zero-order valence-corrected chi connectivity index (χ0v) is 16.3. The van der Waals surface area contributed by atoms with Gasteiger partial charge in [0.2, 0.25) is 0 Å². The van der Waals surface area contributed by atoms with Crippen molar-refractivity contribution in [1.82, 2.24) is 9.80 Å². The largest absolute Gasteiger partial charge is 0.494 e. The molecule has 1 aliphatic heterocycles. The van der Waals surface area contributed by atoms with Crippen LogP contribution in [0.4, 0.5) is 8.78 Å². The lowest BCUT2D eigenvalue weighted by atomic mass is 10.1. The molecule has 0 saturated carbocycles. The number of amides is 1. The van der Waals surface area contributed by atoms with Crippen molar-refractivity contribution in [2.45, 2.75) is 6.54 Å². The van der Waals surface area contributed by atoms with Crippen molar-refractivity contribution in [2.75, 3.05) is 33.3 Å². The number of hydrogen-bond acceptors (Lipinski definition) is 4. The number of halogens is 2. The van der Waals surface area contributed by atoms with Crippen LogP contribution in [0.3, 0.4) is 0 Å². The molecule has 3 aromatic rings. The van der Waals surface area contributed by atoms with Gasteiger partial charge in [-0.05, 0) is 35.9 Å².